The molecule has 1 nitrogen and oxygen atoms in total. The van der Waals surface area contributed by atoms with Gasteiger partial charge in [0.25, 0.3) is 0 Å². The largest absolute Gasteiger partial charge is 0.147 e. The van der Waals surface area contributed by atoms with Gasteiger partial charge >= 0.3 is 109 Å². The van der Waals surface area contributed by atoms with E-state index in [1.807, 2.05) is 19.1 Å². The fourth-order valence-corrected chi connectivity index (χ4v) is 5.15. The van der Waals surface area contributed by atoms with E-state index in [9.17, 15) is 4.79 Å². The van der Waals surface area contributed by atoms with Crippen molar-refractivity contribution < 1.29 is 4.79 Å². The zero-order valence-corrected chi connectivity index (χ0v) is 14.3. The summed E-state index contributed by atoms with van der Waals surface area (Å²) in [6, 6.07) is 7.23. The Bertz CT molecular complexity index is 385. The van der Waals surface area contributed by atoms with Gasteiger partial charge < -0.3 is 0 Å². The maximum Gasteiger partial charge on any atom is -0.147 e. The van der Waals surface area contributed by atoms with Gasteiger partial charge in [-0.15, -0.1) is 12.4 Å². The Morgan fingerprint density at radius 2 is 1.94 bits per heavy atom. The van der Waals surface area contributed by atoms with Crippen LogP contribution in [0.15, 0.2) is 24.3 Å². The molecule has 0 saturated carbocycles. The van der Waals surface area contributed by atoms with Gasteiger partial charge in [-0.05, 0) is 0 Å². The normalized spacial score (nSPS) is 13.5. The molecule has 0 aliphatic rings. The molecule has 0 bridgehead atoms. The molecule has 17 heavy (non-hydrogen) atoms. The van der Waals surface area contributed by atoms with Crippen LogP contribution in [0.1, 0.15) is 38.1 Å². The molecule has 1 aromatic carbocycles. The van der Waals surface area contributed by atoms with Crippen molar-refractivity contribution in [3.8, 4) is 0 Å². The van der Waals surface area contributed by atoms with Crippen LogP contribution in [-0.4, -0.2) is 21.5 Å². The topological polar surface area (TPSA) is 17.1 Å². The fourth-order valence-electron chi connectivity index (χ4n) is 1.61. The summed E-state index contributed by atoms with van der Waals surface area (Å²) in [6.07, 6.45) is 0. The molecule has 2 atom stereocenters. The number of carbonyl (C=O) groups is 1. The molecule has 0 N–H and O–H groups in total. The third kappa shape index (κ3) is 5.95. The van der Waals surface area contributed by atoms with Gasteiger partial charge in [0.05, 0.1) is 0 Å². The van der Waals surface area contributed by atoms with E-state index in [-0.39, 0.29) is 38.6 Å². The van der Waals surface area contributed by atoms with Crippen LogP contribution in [0, 0.1) is 0 Å². The Labute approximate surface area is 121 Å². The number of hydrogen-bond donors (Lipinski definition) is 0. The molecule has 0 saturated heterocycles. The van der Waals surface area contributed by atoms with Crippen molar-refractivity contribution in [1.82, 2.24) is 0 Å². The van der Waals surface area contributed by atoms with E-state index in [0.717, 1.165) is 5.56 Å². The third-order valence-corrected chi connectivity index (χ3v) is 5.66. The average molecular weight is 337 g/mol. The zero-order valence-electron chi connectivity index (χ0n) is 10.6. The van der Waals surface area contributed by atoms with Crippen LogP contribution in [0.2, 0.25) is 13.9 Å². The minimum atomic E-state index is -0.291. The van der Waals surface area contributed by atoms with Crippen molar-refractivity contribution in [3.63, 3.8) is 0 Å². The summed E-state index contributed by atoms with van der Waals surface area (Å²) in [7, 11) is 0. The second-order valence-electron chi connectivity index (χ2n) is 4.99. The molecule has 2 unspecified atom stereocenters. The van der Waals surface area contributed by atoms with Crippen molar-refractivity contribution in [2.24, 2.45) is 0 Å². The molecule has 96 valence electrons. The summed E-state index contributed by atoms with van der Waals surface area (Å²) >= 11 is 5.59. The van der Waals surface area contributed by atoms with Crippen molar-refractivity contribution >= 4 is 45.5 Å². The second kappa shape index (κ2) is 6.83. The second-order valence-corrected chi connectivity index (χ2v) is 11.0. The number of hydrogen-bond acceptors (Lipinski definition) is 1. The minimum absolute atomic E-state index is 0. The Hall–Kier alpha value is 0.0284. The van der Waals surface area contributed by atoms with Crippen LogP contribution in [-0.2, 0) is 0 Å². The van der Waals surface area contributed by atoms with Crippen LogP contribution in [0.4, 0.5) is 0 Å². The van der Waals surface area contributed by atoms with E-state index in [4.69, 9.17) is 11.6 Å². The Kier molecular flexibility index (Phi) is 6.84. The first-order chi connectivity index (χ1) is 7.29. The molecule has 4 heteroatoms. The summed E-state index contributed by atoms with van der Waals surface area (Å²) in [5.41, 5.74) is 0.744. The molecule has 0 aromatic heterocycles. The predicted octanol–water partition coefficient (Wildman–Crippen LogP) is 4.41. The fraction of sp³-hybridized carbons (Fsp3) is 0.462. The molecule has 1 aromatic rings. The van der Waals surface area contributed by atoms with Gasteiger partial charge in [0.1, 0.15) is 0 Å². The van der Waals surface area contributed by atoms with Gasteiger partial charge in [-0.1, -0.05) is 0 Å². The summed E-state index contributed by atoms with van der Waals surface area (Å²) < 4.78 is 0.465. The maximum atomic E-state index is 12.1. The minimum Gasteiger partial charge on any atom is -0.147 e. The number of Topliss-reactive ketones (excluding diaryl/α,β-unsaturated/α-hetero) is 1. The van der Waals surface area contributed by atoms with Gasteiger partial charge in [0, 0.05) is 0 Å². The van der Waals surface area contributed by atoms with E-state index in [1.54, 1.807) is 12.1 Å². The molecule has 0 fully saturated rings. The third-order valence-electron chi connectivity index (χ3n) is 2.15. The van der Waals surface area contributed by atoms with Crippen LogP contribution in [0.5, 0.6) is 0 Å². The number of carbonyl (C=O) groups excluding carboxylic acids is 1. The smallest absolute Gasteiger partial charge is 0.147 e. The first kappa shape index (κ1) is 17.0. The SMILES string of the molecule is CC([AsH]C(C)(C)C)C(=O)c1cccc(Cl)c1.Cl. The summed E-state index contributed by atoms with van der Waals surface area (Å²) in [5, 5.41) is 0.633. The van der Waals surface area contributed by atoms with E-state index in [0.29, 0.717) is 9.23 Å². The van der Waals surface area contributed by atoms with Crippen LogP contribution in [0.3, 0.4) is 0 Å². The molecule has 1 rings (SSSR count). The first-order valence-electron chi connectivity index (χ1n) is 5.37. The molecule has 0 aliphatic heterocycles. The Morgan fingerprint density at radius 3 is 2.41 bits per heavy atom. The number of halogens is 2. The van der Waals surface area contributed by atoms with Gasteiger partial charge in [0.2, 0.25) is 0 Å². The predicted molar refractivity (Wildman–Crippen MR) is 79.3 cm³/mol. The maximum absolute atomic E-state index is 12.1. The first-order valence-corrected chi connectivity index (χ1v) is 8.01. The molecular formula is C13H19AsCl2O. The van der Waals surface area contributed by atoms with Crippen molar-refractivity contribution in [1.29, 1.82) is 0 Å². The van der Waals surface area contributed by atoms with Crippen LogP contribution in [0.25, 0.3) is 0 Å². The van der Waals surface area contributed by atoms with Gasteiger partial charge in [-0.2, -0.15) is 0 Å². The average Bonchev–Trinajstić information content (AvgIpc) is 2.14. The van der Waals surface area contributed by atoms with Crippen molar-refractivity contribution in [2.75, 3.05) is 0 Å². The molecule has 0 spiro atoms. The summed E-state index contributed by atoms with van der Waals surface area (Å²) in [5.74, 6) is 0.234. The zero-order chi connectivity index (χ0) is 12.3. The summed E-state index contributed by atoms with van der Waals surface area (Å²) in [6.45, 7) is 8.65. The quantitative estimate of drug-likeness (QED) is 0.590. The van der Waals surface area contributed by atoms with Crippen molar-refractivity contribution in [3.05, 3.63) is 34.9 Å². The standard InChI is InChI=1S/C13H18AsClO.ClH/c1-9(14-13(2,3)4)12(16)10-6-5-7-11(15)8-10;/h5-9,14H,1-4H3;1H. The van der Waals surface area contributed by atoms with E-state index in [1.165, 1.54) is 0 Å². The Morgan fingerprint density at radius 1 is 1.35 bits per heavy atom. The molecule has 0 heterocycles. The van der Waals surface area contributed by atoms with E-state index in [2.05, 4.69) is 20.8 Å². The summed E-state index contributed by atoms with van der Waals surface area (Å²) in [4.78, 5) is 12.1. The molecule has 0 amide bonds. The van der Waals surface area contributed by atoms with Crippen LogP contribution < -0.4 is 0 Å². The number of rotatable bonds is 3. The van der Waals surface area contributed by atoms with Gasteiger partial charge in [-0.3, -0.25) is 0 Å². The van der Waals surface area contributed by atoms with Crippen molar-refractivity contribution in [2.45, 2.75) is 36.6 Å². The molecule has 0 radical (unpaired) electrons. The number of ketones is 1. The van der Waals surface area contributed by atoms with E-state index >= 15 is 0 Å². The molecular weight excluding hydrogens is 318 g/mol. The van der Waals surface area contributed by atoms with Crippen LogP contribution >= 0.6 is 24.0 Å². The van der Waals surface area contributed by atoms with E-state index < -0.39 is 0 Å². The van der Waals surface area contributed by atoms with Gasteiger partial charge in [0.15, 0.2) is 0 Å². The number of benzene rings is 1. The molecule has 0 aliphatic carbocycles. The monoisotopic (exact) mass is 336 g/mol. The Balaban J connectivity index is 0.00000256. The van der Waals surface area contributed by atoms with Gasteiger partial charge in [-0.25, -0.2) is 0 Å².